The predicted octanol–water partition coefficient (Wildman–Crippen LogP) is 1.86. The van der Waals surface area contributed by atoms with E-state index in [1.54, 1.807) is 48.6 Å². The van der Waals surface area contributed by atoms with Gasteiger partial charge in [0.15, 0.2) is 0 Å². The predicted molar refractivity (Wildman–Crippen MR) is 96.9 cm³/mol. The van der Waals surface area contributed by atoms with Crippen LogP contribution in [0.3, 0.4) is 0 Å². The number of fused-ring (bicyclic) bond motifs is 1. The highest BCUT2D eigenvalue weighted by Crippen LogP contribution is 2.25. The molecule has 0 bridgehead atoms. The number of carbonyl (C=O) groups is 2. The lowest BCUT2D eigenvalue weighted by Crippen LogP contribution is -2.46. The number of nitrogens with zero attached hydrogens (tertiary/aromatic N) is 4. The first kappa shape index (κ1) is 17.8. The molecule has 1 aliphatic rings. The van der Waals surface area contributed by atoms with Crippen LogP contribution in [0.4, 0.5) is 0 Å². The Morgan fingerprint density at radius 1 is 1.28 bits per heavy atom. The van der Waals surface area contributed by atoms with E-state index in [9.17, 15) is 9.59 Å². The van der Waals surface area contributed by atoms with Crippen molar-refractivity contribution >= 4 is 29.3 Å². The van der Waals surface area contributed by atoms with Gasteiger partial charge in [-0.05, 0) is 37.8 Å². The van der Waals surface area contributed by atoms with Crippen LogP contribution in [0.1, 0.15) is 33.3 Å². The highest BCUT2D eigenvalue weighted by molar-refractivity contribution is 7.96. The average molecular weight is 362 g/mol. The van der Waals surface area contributed by atoms with E-state index < -0.39 is 5.97 Å². The SMILES string of the molecule is CCOC(=O)c1c(C)c(C(=O)N2CCN(SC)CC2)n2ncccc12. The molecule has 0 atom stereocenters. The van der Waals surface area contributed by atoms with E-state index in [0.717, 1.165) is 13.1 Å². The number of rotatable bonds is 4. The van der Waals surface area contributed by atoms with E-state index in [1.807, 2.05) is 11.2 Å². The zero-order valence-electron chi connectivity index (χ0n) is 14.7. The molecule has 2 aromatic rings. The summed E-state index contributed by atoms with van der Waals surface area (Å²) in [6, 6.07) is 3.54. The highest BCUT2D eigenvalue weighted by Gasteiger charge is 2.30. The Bertz CT molecular complexity index is 797. The highest BCUT2D eigenvalue weighted by atomic mass is 32.2. The van der Waals surface area contributed by atoms with Crippen molar-refractivity contribution in [3.63, 3.8) is 0 Å². The zero-order valence-corrected chi connectivity index (χ0v) is 15.5. The van der Waals surface area contributed by atoms with Crippen LogP contribution >= 0.6 is 11.9 Å². The molecular weight excluding hydrogens is 340 g/mol. The summed E-state index contributed by atoms with van der Waals surface area (Å²) in [5.41, 5.74) is 2.08. The molecule has 0 spiro atoms. The van der Waals surface area contributed by atoms with E-state index in [4.69, 9.17) is 4.74 Å². The molecule has 0 aliphatic carbocycles. The van der Waals surface area contributed by atoms with Crippen molar-refractivity contribution in [2.45, 2.75) is 13.8 Å². The molecule has 0 aromatic carbocycles. The van der Waals surface area contributed by atoms with Gasteiger partial charge in [0, 0.05) is 32.4 Å². The lowest BCUT2D eigenvalue weighted by molar-refractivity contribution is 0.0528. The van der Waals surface area contributed by atoms with Crippen molar-refractivity contribution in [1.82, 2.24) is 18.8 Å². The molecule has 7 nitrogen and oxygen atoms in total. The summed E-state index contributed by atoms with van der Waals surface area (Å²) < 4.78 is 8.96. The van der Waals surface area contributed by atoms with Gasteiger partial charge >= 0.3 is 5.97 Å². The van der Waals surface area contributed by atoms with E-state index in [2.05, 4.69) is 9.40 Å². The lowest BCUT2D eigenvalue weighted by Gasteiger charge is -2.33. The number of amides is 1. The second-order valence-electron chi connectivity index (χ2n) is 5.79. The molecular formula is C17H22N4O3S. The number of esters is 1. The van der Waals surface area contributed by atoms with Crippen molar-refractivity contribution in [3.05, 3.63) is 35.2 Å². The first-order valence-corrected chi connectivity index (χ1v) is 9.48. The monoisotopic (exact) mass is 362 g/mol. The molecule has 0 saturated carbocycles. The summed E-state index contributed by atoms with van der Waals surface area (Å²) in [5.74, 6) is -0.515. The number of aromatic nitrogens is 2. The fourth-order valence-electron chi connectivity index (χ4n) is 3.14. The quantitative estimate of drug-likeness (QED) is 0.611. The van der Waals surface area contributed by atoms with Gasteiger partial charge in [-0.2, -0.15) is 5.10 Å². The molecule has 0 N–H and O–H groups in total. The molecule has 1 amide bonds. The van der Waals surface area contributed by atoms with Gasteiger partial charge in [0.25, 0.3) is 5.91 Å². The van der Waals surface area contributed by atoms with Crippen molar-refractivity contribution in [2.24, 2.45) is 0 Å². The maximum atomic E-state index is 13.1. The number of piperazine rings is 1. The van der Waals surface area contributed by atoms with E-state index in [-0.39, 0.29) is 12.5 Å². The molecule has 3 rings (SSSR count). The molecule has 3 heterocycles. The van der Waals surface area contributed by atoms with Crippen LogP contribution in [0, 0.1) is 6.92 Å². The fourth-order valence-corrected chi connectivity index (χ4v) is 3.67. The zero-order chi connectivity index (χ0) is 18.0. The lowest BCUT2D eigenvalue weighted by atomic mass is 10.1. The second-order valence-corrected chi connectivity index (χ2v) is 6.68. The average Bonchev–Trinajstić information content (AvgIpc) is 2.93. The summed E-state index contributed by atoms with van der Waals surface area (Å²) in [5, 5.41) is 4.30. The third kappa shape index (κ3) is 3.23. The van der Waals surface area contributed by atoms with Crippen LogP contribution < -0.4 is 0 Å². The Labute approximate surface area is 151 Å². The fraction of sp³-hybridized carbons (Fsp3) is 0.471. The summed E-state index contributed by atoms with van der Waals surface area (Å²) in [4.78, 5) is 27.3. The van der Waals surface area contributed by atoms with E-state index in [0.29, 0.717) is 35.4 Å². The molecule has 1 aliphatic heterocycles. The van der Waals surface area contributed by atoms with Crippen LogP contribution in [0.2, 0.25) is 0 Å². The number of hydrogen-bond donors (Lipinski definition) is 0. The van der Waals surface area contributed by atoms with Crippen LogP contribution in [-0.4, -0.2) is 69.7 Å². The van der Waals surface area contributed by atoms with Crippen molar-refractivity contribution < 1.29 is 14.3 Å². The third-order valence-corrected chi connectivity index (χ3v) is 5.30. The molecule has 25 heavy (non-hydrogen) atoms. The molecule has 0 unspecified atom stereocenters. The van der Waals surface area contributed by atoms with Crippen LogP contribution in [0.25, 0.3) is 5.52 Å². The molecule has 8 heteroatoms. The molecule has 1 saturated heterocycles. The Kier molecular flexibility index (Phi) is 5.29. The molecule has 134 valence electrons. The van der Waals surface area contributed by atoms with Crippen LogP contribution in [0.5, 0.6) is 0 Å². The topological polar surface area (TPSA) is 67.2 Å². The minimum absolute atomic E-state index is 0.0949. The maximum Gasteiger partial charge on any atom is 0.340 e. The number of carbonyl (C=O) groups excluding carboxylic acids is 2. The van der Waals surface area contributed by atoms with Gasteiger partial charge in [0.1, 0.15) is 5.69 Å². The number of hydrogen-bond acceptors (Lipinski definition) is 6. The Hall–Kier alpha value is -2.06. The van der Waals surface area contributed by atoms with Gasteiger partial charge in [-0.1, -0.05) is 11.9 Å². The summed E-state index contributed by atoms with van der Waals surface area (Å²) in [6.45, 7) is 6.81. The summed E-state index contributed by atoms with van der Waals surface area (Å²) in [7, 11) is 0. The van der Waals surface area contributed by atoms with Gasteiger partial charge in [-0.15, -0.1) is 0 Å². The Morgan fingerprint density at radius 3 is 2.64 bits per heavy atom. The van der Waals surface area contributed by atoms with Crippen LogP contribution in [0.15, 0.2) is 18.3 Å². The Morgan fingerprint density at radius 2 is 2.00 bits per heavy atom. The minimum atomic E-state index is -0.420. The first-order valence-electron chi connectivity index (χ1n) is 8.30. The first-order chi connectivity index (χ1) is 12.1. The summed E-state index contributed by atoms with van der Waals surface area (Å²) >= 11 is 1.69. The van der Waals surface area contributed by atoms with Crippen molar-refractivity contribution in [1.29, 1.82) is 0 Å². The molecule has 2 aromatic heterocycles. The molecule has 0 radical (unpaired) electrons. The Balaban J connectivity index is 2.00. The molecule has 1 fully saturated rings. The normalized spacial score (nSPS) is 15.6. The summed E-state index contributed by atoms with van der Waals surface area (Å²) in [6.07, 6.45) is 3.65. The third-order valence-electron chi connectivity index (χ3n) is 4.41. The van der Waals surface area contributed by atoms with Gasteiger partial charge in [-0.25, -0.2) is 13.6 Å². The smallest absolute Gasteiger partial charge is 0.340 e. The van der Waals surface area contributed by atoms with Crippen molar-refractivity contribution in [3.8, 4) is 0 Å². The van der Waals surface area contributed by atoms with E-state index >= 15 is 0 Å². The second kappa shape index (κ2) is 7.45. The van der Waals surface area contributed by atoms with Gasteiger partial charge in [0.2, 0.25) is 0 Å². The minimum Gasteiger partial charge on any atom is -0.462 e. The van der Waals surface area contributed by atoms with E-state index in [1.165, 1.54) is 0 Å². The number of ether oxygens (including phenoxy) is 1. The van der Waals surface area contributed by atoms with Gasteiger partial charge in [0.05, 0.1) is 17.7 Å². The largest absolute Gasteiger partial charge is 0.462 e. The maximum absolute atomic E-state index is 13.1. The standard InChI is InChI=1S/C17H22N4O3S/c1-4-24-17(23)14-12(2)15(21-13(14)6-5-7-18-21)16(22)19-8-10-20(25-3)11-9-19/h5-7H,4,8-11H2,1-3H3. The van der Waals surface area contributed by atoms with Crippen LogP contribution in [-0.2, 0) is 4.74 Å². The van der Waals surface area contributed by atoms with Crippen molar-refractivity contribution in [2.75, 3.05) is 39.0 Å². The van der Waals surface area contributed by atoms with Gasteiger partial charge in [-0.3, -0.25) is 4.79 Å². The van der Waals surface area contributed by atoms with Gasteiger partial charge < -0.3 is 9.64 Å².